The molecular formula is C19H24N2O6S. The number of carbonyl (C=O) groups is 1. The number of benzene rings is 1. The summed E-state index contributed by atoms with van der Waals surface area (Å²) in [7, 11) is -3.82. The topological polar surface area (TPSA) is 85.4 Å². The quantitative estimate of drug-likeness (QED) is 0.738. The summed E-state index contributed by atoms with van der Waals surface area (Å²) in [5, 5.41) is 0. The average Bonchev–Trinajstić information content (AvgIpc) is 3.35. The number of sulfonamides is 1. The van der Waals surface area contributed by atoms with Gasteiger partial charge in [-0.25, -0.2) is 8.42 Å². The van der Waals surface area contributed by atoms with Crippen molar-refractivity contribution < 1.29 is 27.4 Å². The van der Waals surface area contributed by atoms with Crippen LogP contribution < -0.4 is 9.47 Å². The Morgan fingerprint density at radius 1 is 1.00 bits per heavy atom. The van der Waals surface area contributed by atoms with Crippen LogP contribution in [0.4, 0.5) is 0 Å². The molecular weight excluding hydrogens is 384 g/mol. The lowest BCUT2D eigenvalue weighted by Gasteiger charge is -2.37. The molecule has 1 aromatic carbocycles. The zero-order valence-corrected chi connectivity index (χ0v) is 16.4. The number of piperidine rings is 1. The third kappa shape index (κ3) is 2.87. The van der Waals surface area contributed by atoms with Gasteiger partial charge < -0.3 is 19.1 Å². The van der Waals surface area contributed by atoms with E-state index in [1.54, 1.807) is 17.0 Å². The Morgan fingerprint density at radius 2 is 1.75 bits per heavy atom. The number of carbonyl (C=O) groups excluding carboxylic acids is 1. The molecule has 1 aromatic rings. The van der Waals surface area contributed by atoms with Gasteiger partial charge in [0.2, 0.25) is 15.9 Å². The van der Waals surface area contributed by atoms with Gasteiger partial charge in [-0.05, 0) is 37.3 Å². The second-order valence-electron chi connectivity index (χ2n) is 7.75. The molecule has 3 aliphatic heterocycles. The highest BCUT2D eigenvalue weighted by atomic mass is 32.2. The minimum Gasteiger partial charge on any atom is -0.486 e. The van der Waals surface area contributed by atoms with Crippen LogP contribution >= 0.6 is 0 Å². The van der Waals surface area contributed by atoms with Crippen LogP contribution in [0.2, 0.25) is 0 Å². The zero-order chi connectivity index (χ0) is 19.3. The first kappa shape index (κ1) is 18.2. The van der Waals surface area contributed by atoms with Crippen molar-refractivity contribution in [1.29, 1.82) is 0 Å². The average molecular weight is 408 g/mol. The molecule has 0 N–H and O–H groups in total. The number of hydrogen-bond donors (Lipinski definition) is 0. The molecule has 2 saturated heterocycles. The minimum atomic E-state index is -3.82. The van der Waals surface area contributed by atoms with Crippen molar-refractivity contribution in [2.24, 2.45) is 5.92 Å². The van der Waals surface area contributed by atoms with Gasteiger partial charge in [0, 0.05) is 25.2 Å². The summed E-state index contributed by atoms with van der Waals surface area (Å²) in [6, 6.07) is 3.97. The molecule has 8 nitrogen and oxygen atoms in total. The fraction of sp³-hybridized carbons (Fsp3) is 0.632. The van der Waals surface area contributed by atoms with Gasteiger partial charge in [0.15, 0.2) is 11.5 Å². The van der Waals surface area contributed by atoms with E-state index in [2.05, 4.69) is 0 Å². The van der Waals surface area contributed by atoms with Crippen molar-refractivity contribution in [1.82, 2.24) is 9.21 Å². The summed E-state index contributed by atoms with van der Waals surface area (Å²) < 4.78 is 45.0. The number of rotatable bonds is 3. The van der Waals surface area contributed by atoms with E-state index in [0.29, 0.717) is 51.0 Å². The van der Waals surface area contributed by atoms with Crippen LogP contribution in [-0.4, -0.2) is 75.1 Å². The maximum atomic E-state index is 13.5. The smallest absolute Gasteiger partial charge is 0.244 e. The van der Waals surface area contributed by atoms with Crippen molar-refractivity contribution in [3.63, 3.8) is 0 Å². The van der Waals surface area contributed by atoms with E-state index in [9.17, 15) is 13.2 Å². The van der Waals surface area contributed by atoms with Crippen LogP contribution in [0.1, 0.15) is 19.3 Å². The summed E-state index contributed by atoms with van der Waals surface area (Å²) in [4.78, 5) is 15.1. The number of hydrogen-bond acceptors (Lipinski definition) is 6. The molecule has 5 rings (SSSR count). The zero-order valence-electron chi connectivity index (χ0n) is 15.6. The molecule has 1 aliphatic carbocycles. The van der Waals surface area contributed by atoms with E-state index in [1.807, 2.05) is 0 Å². The Labute approximate surface area is 164 Å². The third-order valence-corrected chi connectivity index (χ3v) is 8.12. The normalized spacial score (nSPS) is 29.9. The van der Waals surface area contributed by atoms with Gasteiger partial charge in [0.25, 0.3) is 0 Å². The molecule has 0 spiro atoms. The summed E-state index contributed by atoms with van der Waals surface area (Å²) in [5.74, 6) is 0.991. The van der Waals surface area contributed by atoms with Crippen LogP contribution in [0.15, 0.2) is 23.1 Å². The molecule has 1 amide bonds. The van der Waals surface area contributed by atoms with Crippen molar-refractivity contribution in [2.45, 2.75) is 36.2 Å². The maximum absolute atomic E-state index is 13.5. The summed E-state index contributed by atoms with van der Waals surface area (Å²) in [6.45, 7) is 2.88. The molecule has 1 saturated carbocycles. The van der Waals surface area contributed by atoms with Gasteiger partial charge in [0.05, 0.1) is 18.1 Å². The third-order valence-electron chi connectivity index (χ3n) is 6.19. The van der Waals surface area contributed by atoms with E-state index >= 15 is 0 Å². The Kier molecular flexibility index (Phi) is 4.48. The highest BCUT2D eigenvalue weighted by Gasteiger charge is 2.55. The molecule has 4 aliphatic rings. The minimum absolute atomic E-state index is 0.0865. The monoisotopic (exact) mass is 408 g/mol. The van der Waals surface area contributed by atoms with E-state index in [0.717, 1.165) is 19.3 Å². The van der Waals surface area contributed by atoms with E-state index in [-0.39, 0.29) is 22.8 Å². The van der Waals surface area contributed by atoms with Crippen molar-refractivity contribution >= 4 is 15.9 Å². The number of nitrogens with zero attached hydrogens (tertiary/aromatic N) is 2. The van der Waals surface area contributed by atoms with Gasteiger partial charge in [-0.15, -0.1) is 0 Å². The lowest BCUT2D eigenvalue weighted by molar-refractivity contribution is -0.140. The van der Waals surface area contributed by atoms with Crippen molar-refractivity contribution in [2.75, 3.05) is 39.5 Å². The van der Waals surface area contributed by atoms with Crippen LogP contribution in [0.5, 0.6) is 11.5 Å². The lowest BCUT2D eigenvalue weighted by Crippen LogP contribution is -2.55. The Hall–Kier alpha value is -1.84. The highest BCUT2D eigenvalue weighted by molar-refractivity contribution is 7.89. The van der Waals surface area contributed by atoms with Crippen LogP contribution in [0.3, 0.4) is 0 Å². The van der Waals surface area contributed by atoms with Gasteiger partial charge >= 0.3 is 0 Å². The largest absolute Gasteiger partial charge is 0.486 e. The molecule has 0 radical (unpaired) electrons. The fourth-order valence-electron chi connectivity index (χ4n) is 4.88. The molecule has 9 heteroatoms. The first-order valence-electron chi connectivity index (χ1n) is 9.85. The van der Waals surface area contributed by atoms with Gasteiger partial charge in [0.1, 0.15) is 19.3 Å². The fourth-order valence-corrected chi connectivity index (χ4v) is 6.76. The summed E-state index contributed by atoms with van der Waals surface area (Å²) in [5.41, 5.74) is 0. The highest BCUT2D eigenvalue weighted by Crippen LogP contribution is 2.46. The maximum Gasteiger partial charge on any atom is 0.244 e. The predicted octanol–water partition coefficient (Wildman–Crippen LogP) is 0.858. The number of fused-ring (bicyclic) bond motifs is 3. The van der Waals surface area contributed by atoms with E-state index in [1.165, 1.54) is 10.4 Å². The van der Waals surface area contributed by atoms with Crippen LogP contribution in [-0.2, 0) is 19.6 Å². The molecule has 2 bridgehead atoms. The Morgan fingerprint density at radius 3 is 2.54 bits per heavy atom. The molecule has 152 valence electrons. The van der Waals surface area contributed by atoms with Crippen molar-refractivity contribution in [3.8, 4) is 11.5 Å². The van der Waals surface area contributed by atoms with E-state index < -0.39 is 16.1 Å². The van der Waals surface area contributed by atoms with Gasteiger partial charge in [-0.1, -0.05) is 0 Å². The Balaban J connectivity index is 1.48. The standard InChI is InChI=1S/C19H24N2O6S/c22-19(20-5-7-25-8-6-20)18-13-1-2-14(11-13)21(18)28(23,24)15-3-4-16-17(12-15)27-10-9-26-16/h3-4,12-14,18H,1-2,5-11H2. The molecule has 28 heavy (non-hydrogen) atoms. The first-order chi connectivity index (χ1) is 13.6. The summed E-state index contributed by atoms with van der Waals surface area (Å²) in [6.07, 6.45) is 2.46. The van der Waals surface area contributed by atoms with Gasteiger partial charge in [-0.3, -0.25) is 4.79 Å². The number of amides is 1. The molecule has 3 fully saturated rings. The number of ether oxygens (including phenoxy) is 3. The SMILES string of the molecule is O=C(C1C2CCC(C2)N1S(=O)(=O)c1ccc2c(c1)OCCO2)N1CCOCC1. The van der Waals surface area contributed by atoms with Crippen LogP contribution in [0, 0.1) is 5.92 Å². The molecule has 3 heterocycles. The Bertz CT molecular complexity index is 882. The predicted molar refractivity (Wildman–Crippen MR) is 98.8 cm³/mol. The van der Waals surface area contributed by atoms with Gasteiger partial charge in [-0.2, -0.15) is 4.31 Å². The second-order valence-corrected chi connectivity index (χ2v) is 9.59. The molecule has 3 unspecified atom stereocenters. The molecule has 0 aromatic heterocycles. The van der Waals surface area contributed by atoms with E-state index in [4.69, 9.17) is 14.2 Å². The summed E-state index contributed by atoms with van der Waals surface area (Å²) >= 11 is 0. The van der Waals surface area contributed by atoms with Crippen molar-refractivity contribution in [3.05, 3.63) is 18.2 Å². The van der Waals surface area contributed by atoms with Crippen LogP contribution in [0.25, 0.3) is 0 Å². The number of morpholine rings is 1. The second kappa shape index (κ2) is 6.89. The lowest BCUT2D eigenvalue weighted by atomic mass is 9.98. The first-order valence-corrected chi connectivity index (χ1v) is 11.3. The molecule has 3 atom stereocenters.